The first kappa shape index (κ1) is 11.1. The van der Waals surface area contributed by atoms with Crippen LogP contribution in [0.25, 0.3) is 0 Å². The predicted octanol–water partition coefficient (Wildman–Crippen LogP) is 1.28. The number of hydrogen-bond acceptors (Lipinski definition) is 3. The van der Waals surface area contributed by atoms with Gasteiger partial charge in [-0.25, -0.2) is 0 Å². The van der Waals surface area contributed by atoms with Crippen LogP contribution in [0.5, 0.6) is 0 Å². The summed E-state index contributed by atoms with van der Waals surface area (Å²) in [5.41, 5.74) is 6.74. The standard InChI is InChI=1S/C9H11BrN2O2/c1-5-2-6(10)4-12-8(5)7(3-11)9(13)14/h2,4,7H,3,11H2,1H3,(H,13,14). The molecule has 1 unspecified atom stereocenters. The number of rotatable bonds is 3. The van der Waals surface area contributed by atoms with Crippen molar-refractivity contribution in [2.45, 2.75) is 12.8 Å². The molecule has 1 rings (SSSR count). The summed E-state index contributed by atoms with van der Waals surface area (Å²) < 4.78 is 0.833. The normalized spacial score (nSPS) is 12.5. The molecule has 0 spiro atoms. The zero-order chi connectivity index (χ0) is 10.7. The number of aliphatic carboxylic acids is 1. The zero-order valence-electron chi connectivity index (χ0n) is 7.70. The number of carbonyl (C=O) groups is 1. The highest BCUT2D eigenvalue weighted by atomic mass is 79.9. The lowest BCUT2D eigenvalue weighted by atomic mass is 10.0. The van der Waals surface area contributed by atoms with Crippen molar-refractivity contribution in [2.24, 2.45) is 5.73 Å². The van der Waals surface area contributed by atoms with E-state index in [0.29, 0.717) is 5.69 Å². The zero-order valence-corrected chi connectivity index (χ0v) is 9.28. The molecule has 0 bridgehead atoms. The minimum atomic E-state index is -0.939. The van der Waals surface area contributed by atoms with E-state index in [1.165, 1.54) is 0 Å². The number of hydrogen-bond donors (Lipinski definition) is 2. The Balaban J connectivity index is 3.10. The molecule has 1 aromatic rings. The summed E-state index contributed by atoms with van der Waals surface area (Å²) in [7, 11) is 0. The highest BCUT2D eigenvalue weighted by Gasteiger charge is 2.21. The minimum absolute atomic E-state index is 0.0603. The number of nitrogens with zero attached hydrogens (tertiary/aromatic N) is 1. The maximum atomic E-state index is 10.8. The molecular formula is C9H11BrN2O2. The molecule has 0 fully saturated rings. The molecule has 5 heteroatoms. The second-order valence-corrected chi connectivity index (χ2v) is 3.90. The van der Waals surface area contributed by atoms with Crippen molar-refractivity contribution >= 4 is 21.9 Å². The summed E-state index contributed by atoms with van der Waals surface area (Å²) in [6.45, 7) is 1.88. The van der Waals surface area contributed by atoms with Crippen LogP contribution in [0.2, 0.25) is 0 Å². The van der Waals surface area contributed by atoms with Gasteiger partial charge in [-0.2, -0.15) is 0 Å². The number of aryl methyl sites for hydroxylation is 1. The highest BCUT2D eigenvalue weighted by Crippen LogP contribution is 2.19. The molecule has 1 aromatic heterocycles. The summed E-state index contributed by atoms with van der Waals surface area (Å²) in [6.07, 6.45) is 1.58. The number of aromatic nitrogens is 1. The van der Waals surface area contributed by atoms with Crippen LogP contribution in [-0.2, 0) is 4.79 Å². The van der Waals surface area contributed by atoms with Crippen LogP contribution in [0.15, 0.2) is 16.7 Å². The SMILES string of the molecule is Cc1cc(Br)cnc1C(CN)C(=O)O. The van der Waals surface area contributed by atoms with E-state index in [4.69, 9.17) is 10.8 Å². The number of halogens is 1. The van der Waals surface area contributed by atoms with Crippen molar-refractivity contribution in [3.05, 3.63) is 28.0 Å². The Bertz CT molecular complexity index is 355. The summed E-state index contributed by atoms with van der Waals surface area (Å²) in [5.74, 6) is -1.66. The molecule has 0 radical (unpaired) electrons. The molecule has 0 saturated heterocycles. The Morgan fingerprint density at radius 3 is 2.86 bits per heavy atom. The van der Waals surface area contributed by atoms with E-state index in [9.17, 15) is 4.79 Å². The second-order valence-electron chi connectivity index (χ2n) is 2.98. The van der Waals surface area contributed by atoms with Crippen LogP contribution in [-0.4, -0.2) is 22.6 Å². The Morgan fingerprint density at radius 1 is 1.79 bits per heavy atom. The lowest BCUT2D eigenvalue weighted by molar-refractivity contribution is -0.138. The lowest BCUT2D eigenvalue weighted by Gasteiger charge is -2.11. The molecule has 0 aromatic carbocycles. The molecule has 1 atom stereocenters. The van der Waals surface area contributed by atoms with Gasteiger partial charge in [0.05, 0.1) is 5.69 Å². The van der Waals surface area contributed by atoms with E-state index in [-0.39, 0.29) is 6.54 Å². The highest BCUT2D eigenvalue weighted by molar-refractivity contribution is 9.10. The monoisotopic (exact) mass is 258 g/mol. The van der Waals surface area contributed by atoms with Gasteiger partial charge in [-0.05, 0) is 34.5 Å². The molecule has 3 N–H and O–H groups in total. The van der Waals surface area contributed by atoms with E-state index in [2.05, 4.69) is 20.9 Å². The molecular weight excluding hydrogens is 248 g/mol. The molecule has 76 valence electrons. The van der Waals surface area contributed by atoms with Crippen LogP contribution in [0.1, 0.15) is 17.2 Å². The maximum Gasteiger partial charge on any atom is 0.313 e. The fraction of sp³-hybridized carbons (Fsp3) is 0.333. The van der Waals surface area contributed by atoms with Gasteiger partial charge in [0.15, 0.2) is 0 Å². The molecule has 0 saturated carbocycles. The van der Waals surface area contributed by atoms with Crippen LogP contribution < -0.4 is 5.73 Å². The van der Waals surface area contributed by atoms with Gasteiger partial charge in [0.2, 0.25) is 0 Å². The fourth-order valence-electron chi connectivity index (χ4n) is 1.25. The third-order valence-corrected chi connectivity index (χ3v) is 2.38. The van der Waals surface area contributed by atoms with E-state index < -0.39 is 11.9 Å². The third kappa shape index (κ3) is 2.30. The molecule has 4 nitrogen and oxygen atoms in total. The molecule has 0 amide bonds. The Kier molecular flexibility index (Phi) is 3.60. The largest absolute Gasteiger partial charge is 0.481 e. The molecule has 0 aliphatic heterocycles. The van der Waals surface area contributed by atoms with Gasteiger partial charge < -0.3 is 10.8 Å². The third-order valence-electron chi connectivity index (χ3n) is 1.95. The van der Waals surface area contributed by atoms with Gasteiger partial charge in [0, 0.05) is 17.2 Å². The number of nitrogens with two attached hydrogens (primary N) is 1. The lowest BCUT2D eigenvalue weighted by Crippen LogP contribution is -2.23. The number of pyridine rings is 1. The van der Waals surface area contributed by atoms with E-state index >= 15 is 0 Å². The van der Waals surface area contributed by atoms with Crippen molar-refractivity contribution in [2.75, 3.05) is 6.54 Å². The quantitative estimate of drug-likeness (QED) is 0.857. The smallest absolute Gasteiger partial charge is 0.313 e. The summed E-state index contributed by atoms with van der Waals surface area (Å²) in [6, 6.07) is 1.83. The topological polar surface area (TPSA) is 76.2 Å². The first-order valence-corrected chi connectivity index (χ1v) is 4.90. The summed E-state index contributed by atoms with van der Waals surface area (Å²) in [4.78, 5) is 14.9. The Labute approximate surface area is 90.3 Å². The molecule has 0 aliphatic rings. The van der Waals surface area contributed by atoms with Gasteiger partial charge in [-0.3, -0.25) is 9.78 Å². The minimum Gasteiger partial charge on any atom is -0.481 e. The van der Waals surface area contributed by atoms with Crippen LogP contribution in [0, 0.1) is 6.92 Å². The van der Waals surface area contributed by atoms with Gasteiger partial charge in [0.1, 0.15) is 5.92 Å². The van der Waals surface area contributed by atoms with E-state index in [0.717, 1.165) is 10.0 Å². The fourth-order valence-corrected chi connectivity index (χ4v) is 1.69. The number of carboxylic acids is 1. The van der Waals surface area contributed by atoms with Gasteiger partial charge in [0.25, 0.3) is 0 Å². The van der Waals surface area contributed by atoms with E-state index in [1.807, 2.05) is 13.0 Å². The Hall–Kier alpha value is -0.940. The van der Waals surface area contributed by atoms with Gasteiger partial charge >= 0.3 is 5.97 Å². The van der Waals surface area contributed by atoms with Crippen LogP contribution in [0.4, 0.5) is 0 Å². The van der Waals surface area contributed by atoms with Crippen molar-refractivity contribution in [1.29, 1.82) is 0 Å². The van der Waals surface area contributed by atoms with Gasteiger partial charge in [-0.15, -0.1) is 0 Å². The average Bonchev–Trinajstić information content (AvgIpc) is 2.09. The predicted molar refractivity (Wildman–Crippen MR) is 56.1 cm³/mol. The summed E-state index contributed by atoms with van der Waals surface area (Å²) >= 11 is 3.26. The summed E-state index contributed by atoms with van der Waals surface area (Å²) in [5, 5.41) is 8.89. The Morgan fingerprint density at radius 2 is 2.43 bits per heavy atom. The maximum absolute atomic E-state index is 10.8. The van der Waals surface area contributed by atoms with Crippen molar-refractivity contribution in [1.82, 2.24) is 4.98 Å². The van der Waals surface area contributed by atoms with Crippen molar-refractivity contribution < 1.29 is 9.90 Å². The van der Waals surface area contributed by atoms with E-state index in [1.54, 1.807) is 6.20 Å². The first-order valence-electron chi connectivity index (χ1n) is 4.11. The molecule has 14 heavy (non-hydrogen) atoms. The first-order chi connectivity index (χ1) is 6.56. The van der Waals surface area contributed by atoms with Crippen LogP contribution in [0.3, 0.4) is 0 Å². The molecule has 0 aliphatic carbocycles. The van der Waals surface area contributed by atoms with Crippen LogP contribution >= 0.6 is 15.9 Å². The second kappa shape index (κ2) is 4.52. The van der Waals surface area contributed by atoms with Crippen molar-refractivity contribution in [3.63, 3.8) is 0 Å². The number of carboxylic acid groups (broad SMARTS) is 1. The molecule has 1 heterocycles. The average molecular weight is 259 g/mol. The van der Waals surface area contributed by atoms with Crippen molar-refractivity contribution in [3.8, 4) is 0 Å². The van der Waals surface area contributed by atoms with Gasteiger partial charge in [-0.1, -0.05) is 0 Å².